The normalized spacial score (nSPS) is 19.6. The zero-order valence-corrected chi connectivity index (χ0v) is 18.9. The van der Waals surface area contributed by atoms with Crippen molar-refractivity contribution in [2.45, 2.75) is 71.4 Å². The van der Waals surface area contributed by atoms with Gasteiger partial charge in [-0.2, -0.15) is 0 Å². The SMILES string of the molecule is CC1=C(C(=O)OC(C)C)[C@H](c2cccc(NC(=O)CCC3CCCC3)c2)NC(=O)N1C. The summed E-state index contributed by atoms with van der Waals surface area (Å²) >= 11 is 0. The Morgan fingerprint density at radius 1 is 1.26 bits per heavy atom. The fourth-order valence-electron chi connectivity index (χ4n) is 4.28. The molecule has 7 heteroatoms. The molecule has 0 saturated heterocycles. The first-order valence-electron chi connectivity index (χ1n) is 11.1. The van der Waals surface area contributed by atoms with Crippen molar-refractivity contribution < 1.29 is 19.1 Å². The summed E-state index contributed by atoms with van der Waals surface area (Å²) in [6, 6.07) is 6.32. The second kappa shape index (κ2) is 9.98. The third-order valence-electron chi connectivity index (χ3n) is 6.07. The molecule has 1 aromatic rings. The molecule has 1 aliphatic carbocycles. The minimum atomic E-state index is -0.648. The minimum Gasteiger partial charge on any atom is -0.459 e. The van der Waals surface area contributed by atoms with Crippen molar-refractivity contribution >= 4 is 23.6 Å². The van der Waals surface area contributed by atoms with Crippen LogP contribution < -0.4 is 10.6 Å². The van der Waals surface area contributed by atoms with Crippen LogP contribution in [0, 0.1) is 5.92 Å². The number of anilines is 1. The van der Waals surface area contributed by atoms with Crippen LogP contribution in [0.3, 0.4) is 0 Å². The number of allylic oxidation sites excluding steroid dienone is 1. The number of ether oxygens (including phenoxy) is 1. The predicted octanol–water partition coefficient (Wildman–Crippen LogP) is 4.52. The van der Waals surface area contributed by atoms with Gasteiger partial charge >= 0.3 is 12.0 Å². The van der Waals surface area contributed by atoms with Gasteiger partial charge in [0.2, 0.25) is 5.91 Å². The lowest BCUT2D eigenvalue weighted by Gasteiger charge is -2.33. The Labute approximate surface area is 184 Å². The van der Waals surface area contributed by atoms with Crippen molar-refractivity contribution in [3.8, 4) is 0 Å². The standard InChI is InChI=1S/C24H33N3O4/c1-15(2)31-23(29)21-16(3)27(4)24(30)26-22(21)18-10-7-11-19(14-18)25-20(28)13-12-17-8-5-6-9-17/h7,10-11,14-15,17,22H,5-6,8-9,12-13H2,1-4H3,(H,25,28)(H,26,30)/t22-/m0/s1. The average Bonchev–Trinajstić information content (AvgIpc) is 3.23. The lowest BCUT2D eigenvalue weighted by Crippen LogP contribution is -2.46. The summed E-state index contributed by atoms with van der Waals surface area (Å²) in [4.78, 5) is 39.0. The van der Waals surface area contributed by atoms with Gasteiger partial charge in [0.1, 0.15) is 0 Å². The summed E-state index contributed by atoms with van der Waals surface area (Å²) in [5.41, 5.74) is 2.30. The summed E-state index contributed by atoms with van der Waals surface area (Å²) < 4.78 is 5.43. The van der Waals surface area contributed by atoms with Crippen molar-refractivity contribution in [1.29, 1.82) is 0 Å². The molecule has 31 heavy (non-hydrogen) atoms. The highest BCUT2D eigenvalue weighted by Gasteiger charge is 2.35. The van der Waals surface area contributed by atoms with Crippen LogP contribution in [0.25, 0.3) is 0 Å². The lowest BCUT2D eigenvalue weighted by molar-refractivity contribution is -0.143. The van der Waals surface area contributed by atoms with Gasteiger partial charge in [0.25, 0.3) is 0 Å². The Hall–Kier alpha value is -2.83. The van der Waals surface area contributed by atoms with Gasteiger partial charge in [-0.1, -0.05) is 37.8 Å². The molecule has 0 spiro atoms. The largest absolute Gasteiger partial charge is 0.459 e. The molecular weight excluding hydrogens is 394 g/mol. The van der Waals surface area contributed by atoms with Crippen molar-refractivity contribution in [3.63, 3.8) is 0 Å². The van der Waals surface area contributed by atoms with E-state index in [1.807, 2.05) is 18.2 Å². The number of hydrogen-bond acceptors (Lipinski definition) is 4. The zero-order valence-electron chi connectivity index (χ0n) is 18.9. The van der Waals surface area contributed by atoms with E-state index in [1.165, 1.54) is 30.6 Å². The fourth-order valence-corrected chi connectivity index (χ4v) is 4.28. The van der Waals surface area contributed by atoms with Gasteiger partial charge < -0.3 is 20.3 Å². The molecule has 0 bridgehead atoms. The molecule has 1 aromatic carbocycles. The number of urea groups is 1. The molecule has 3 amide bonds. The van der Waals surface area contributed by atoms with Crippen LogP contribution in [-0.4, -0.2) is 36.0 Å². The highest BCUT2D eigenvalue weighted by Crippen LogP contribution is 2.32. The number of nitrogens with zero attached hydrogens (tertiary/aromatic N) is 1. The first kappa shape index (κ1) is 22.8. The molecule has 1 saturated carbocycles. The van der Waals surface area contributed by atoms with Crippen molar-refractivity contribution in [1.82, 2.24) is 10.2 Å². The van der Waals surface area contributed by atoms with Crippen LogP contribution in [0.2, 0.25) is 0 Å². The number of esters is 1. The highest BCUT2D eigenvalue weighted by atomic mass is 16.5. The first-order valence-corrected chi connectivity index (χ1v) is 11.1. The zero-order chi connectivity index (χ0) is 22.5. The minimum absolute atomic E-state index is 0.0115. The highest BCUT2D eigenvalue weighted by molar-refractivity contribution is 5.95. The van der Waals surface area contributed by atoms with Gasteiger partial charge in [0.05, 0.1) is 17.7 Å². The number of amides is 3. The van der Waals surface area contributed by atoms with E-state index < -0.39 is 12.0 Å². The third kappa shape index (κ3) is 5.66. The molecule has 2 N–H and O–H groups in total. The van der Waals surface area contributed by atoms with Gasteiger partial charge in [-0.15, -0.1) is 0 Å². The Morgan fingerprint density at radius 2 is 1.97 bits per heavy atom. The van der Waals surface area contributed by atoms with E-state index in [9.17, 15) is 14.4 Å². The Balaban J connectivity index is 1.77. The summed E-state index contributed by atoms with van der Waals surface area (Å²) in [6.45, 7) is 5.31. The van der Waals surface area contributed by atoms with Crippen LogP contribution in [0.4, 0.5) is 10.5 Å². The molecule has 0 unspecified atom stereocenters. The molecular formula is C24H33N3O4. The Morgan fingerprint density at radius 3 is 2.65 bits per heavy atom. The van der Waals surface area contributed by atoms with E-state index in [0.29, 0.717) is 34.9 Å². The number of benzene rings is 1. The molecule has 2 aliphatic rings. The smallest absolute Gasteiger partial charge is 0.338 e. The van der Waals surface area contributed by atoms with Crippen LogP contribution in [-0.2, 0) is 14.3 Å². The number of hydrogen-bond donors (Lipinski definition) is 2. The average molecular weight is 428 g/mol. The Kier molecular flexibility index (Phi) is 7.36. The van der Waals surface area contributed by atoms with Gasteiger partial charge in [-0.05, 0) is 50.8 Å². The summed E-state index contributed by atoms with van der Waals surface area (Å²) in [5, 5.41) is 5.83. The molecule has 7 nitrogen and oxygen atoms in total. The number of carbonyl (C=O) groups excluding carboxylic acids is 3. The van der Waals surface area contributed by atoms with E-state index in [0.717, 1.165) is 6.42 Å². The van der Waals surface area contributed by atoms with E-state index >= 15 is 0 Å². The molecule has 0 radical (unpaired) electrons. The number of nitrogens with one attached hydrogen (secondary N) is 2. The van der Waals surface area contributed by atoms with E-state index in [1.54, 1.807) is 33.9 Å². The van der Waals surface area contributed by atoms with Crippen molar-refractivity contribution in [3.05, 3.63) is 41.1 Å². The van der Waals surface area contributed by atoms with Crippen molar-refractivity contribution in [2.75, 3.05) is 12.4 Å². The second-order valence-corrected chi connectivity index (χ2v) is 8.76. The van der Waals surface area contributed by atoms with E-state index in [2.05, 4.69) is 10.6 Å². The van der Waals surface area contributed by atoms with Crippen LogP contribution in [0.15, 0.2) is 35.5 Å². The van der Waals surface area contributed by atoms with Crippen LogP contribution in [0.1, 0.15) is 70.9 Å². The van der Waals surface area contributed by atoms with E-state index in [-0.39, 0.29) is 18.0 Å². The fraction of sp³-hybridized carbons (Fsp3) is 0.542. The topological polar surface area (TPSA) is 87.7 Å². The molecule has 0 aromatic heterocycles. The summed E-state index contributed by atoms with van der Waals surface area (Å²) in [6.07, 6.45) is 6.13. The van der Waals surface area contributed by atoms with Gasteiger partial charge in [0, 0.05) is 24.9 Å². The lowest BCUT2D eigenvalue weighted by atomic mass is 9.94. The molecule has 1 aliphatic heterocycles. The van der Waals surface area contributed by atoms with Crippen LogP contribution >= 0.6 is 0 Å². The second-order valence-electron chi connectivity index (χ2n) is 8.76. The molecule has 3 rings (SSSR count). The summed E-state index contributed by atoms with van der Waals surface area (Å²) in [5.74, 6) is 0.187. The number of carbonyl (C=O) groups is 3. The number of rotatable bonds is 7. The maximum absolute atomic E-state index is 12.8. The summed E-state index contributed by atoms with van der Waals surface area (Å²) in [7, 11) is 1.62. The third-order valence-corrected chi connectivity index (χ3v) is 6.07. The quantitative estimate of drug-likeness (QED) is 0.627. The monoisotopic (exact) mass is 427 g/mol. The van der Waals surface area contributed by atoms with Gasteiger partial charge in [-0.3, -0.25) is 4.79 Å². The van der Waals surface area contributed by atoms with Crippen molar-refractivity contribution in [2.24, 2.45) is 5.92 Å². The molecule has 1 heterocycles. The van der Waals surface area contributed by atoms with Gasteiger partial charge in [0.15, 0.2) is 0 Å². The molecule has 1 atom stereocenters. The van der Waals surface area contributed by atoms with E-state index in [4.69, 9.17) is 4.74 Å². The maximum atomic E-state index is 12.8. The molecule has 1 fully saturated rings. The molecule has 168 valence electrons. The Bertz CT molecular complexity index is 871. The maximum Gasteiger partial charge on any atom is 0.338 e. The first-order chi connectivity index (χ1) is 14.8. The predicted molar refractivity (Wildman–Crippen MR) is 119 cm³/mol. The van der Waals surface area contributed by atoms with Crippen LogP contribution in [0.5, 0.6) is 0 Å². The van der Waals surface area contributed by atoms with Gasteiger partial charge in [-0.25, -0.2) is 9.59 Å².